The summed E-state index contributed by atoms with van der Waals surface area (Å²) >= 11 is 0. The lowest BCUT2D eigenvalue weighted by Gasteiger charge is -2.25. The van der Waals surface area contributed by atoms with E-state index in [0.717, 1.165) is 0 Å². The summed E-state index contributed by atoms with van der Waals surface area (Å²) in [5, 5.41) is 2.59. The number of rotatable bonds is 6. The van der Waals surface area contributed by atoms with Gasteiger partial charge in [-0.25, -0.2) is 14.5 Å². The molecule has 7 nitrogen and oxygen atoms in total. The van der Waals surface area contributed by atoms with E-state index in [1.54, 1.807) is 19.1 Å². The van der Waals surface area contributed by atoms with E-state index in [1.807, 2.05) is 0 Å². The first-order chi connectivity index (χ1) is 8.20. The Kier molecular flexibility index (Phi) is 5.71. The number of nitrogens with zero attached hydrogens (tertiary/aromatic N) is 2. The van der Waals surface area contributed by atoms with Crippen molar-refractivity contribution in [3.05, 3.63) is 0 Å². The fourth-order valence-electron chi connectivity index (χ4n) is 1.53. The zero-order chi connectivity index (χ0) is 12.7. The van der Waals surface area contributed by atoms with Gasteiger partial charge in [0.2, 0.25) is 0 Å². The molecule has 0 aromatic carbocycles. The monoisotopic (exact) mass is 245 g/mol. The molecule has 0 bridgehead atoms. The van der Waals surface area contributed by atoms with Gasteiger partial charge >= 0.3 is 12.1 Å². The fraction of sp³-hybridized carbons (Fsp3) is 0.800. The van der Waals surface area contributed by atoms with Gasteiger partial charge in [0.05, 0.1) is 13.2 Å². The first-order valence-electron chi connectivity index (χ1n) is 5.53. The molecule has 1 aliphatic heterocycles. The first-order valence-corrected chi connectivity index (χ1v) is 5.53. The highest BCUT2D eigenvalue weighted by atomic mass is 16.5. The maximum absolute atomic E-state index is 12.0. The summed E-state index contributed by atoms with van der Waals surface area (Å²) in [6, 6.07) is -0.635. The first kappa shape index (κ1) is 13.7. The Bertz CT molecular complexity index is 264. The molecular formula is C10H19N3O4. The van der Waals surface area contributed by atoms with Gasteiger partial charge in [0.25, 0.3) is 0 Å². The molecule has 17 heavy (non-hydrogen) atoms. The van der Waals surface area contributed by atoms with E-state index in [2.05, 4.69) is 5.32 Å². The van der Waals surface area contributed by atoms with Crippen LogP contribution in [0, 0.1) is 0 Å². The molecule has 1 saturated heterocycles. The topological polar surface area (TPSA) is 71.1 Å². The third-order valence-electron chi connectivity index (χ3n) is 2.49. The summed E-state index contributed by atoms with van der Waals surface area (Å²) in [4.78, 5) is 26.2. The largest absolute Gasteiger partial charge is 0.383 e. The van der Waals surface area contributed by atoms with Crippen LogP contribution in [0.1, 0.15) is 0 Å². The van der Waals surface area contributed by atoms with E-state index in [-0.39, 0.29) is 12.1 Å². The molecule has 0 aromatic heterocycles. The Hall–Kier alpha value is -1.34. The number of hydrogen-bond acceptors (Lipinski definition) is 4. The minimum atomic E-state index is -0.338. The van der Waals surface area contributed by atoms with Crippen LogP contribution in [0.25, 0.3) is 0 Å². The van der Waals surface area contributed by atoms with Gasteiger partial charge < -0.3 is 19.7 Å². The number of imide groups is 1. The fourth-order valence-corrected chi connectivity index (χ4v) is 1.53. The van der Waals surface area contributed by atoms with E-state index in [4.69, 9.17) is 9.47 Å². The van der Waals surface area contributed by atoms with Crippen molar-refractivity contribution in [1.29, 1.82) is 0 Å². The lowest BCUT2D eigenvalue weighted by atomic mass is 10.5. The Morgan fingerprint density at radius 3 is 2.35 bits per heavy atom. The predicted octanol–water partition coefficient (Wildman–Crippen LogP) is -0.274. The predicted molar refractivity (Wildman–Crippen MR) is 60.8 cm³/mol. The summed E-state index contributed by atoms with van der Waals surface area (Å²) in [5.74, 6) is 0. The molecule has 0 atom stereocenters. The molecule has 7 heteroatoms. The van der Waals surface area contributed by atoms with Crippen molar-refractivity contribution >= 4 is 12.1 Å². The minimum Gasteiger partial charge on any atom is -0.383 e. The van der Waals surface area contributed by atoms with Crippen LogP contribution in [0.5, 0.6) is 0 Å². The number of carbonyl (C=O) groups is 2. The Morgan fingerprint density at radius 2 is 1.94 bits per heavy atom. The van der Waals surface area contributed by atoms with Crippen molar-refractivity contribution in [1.82, 2.24) is 15.1 Å². The van der Waals surface area contributed by atoms with Gasteiger partial charge in [-0.3, -0.25) is 0 Å². The number of carbonyl (C=O) groups excluding carboxylic acids is 2. The van der Waals surface area contributed by atoms with E-state index in [9.17, 15) is 9.59 Å². The van der Waals surface area contributed by atoms with Gasteiger partial charge in [-0.15, -0.1) is 0 Å². The minimum absolute atomic E-state index is 0.297. The average Bonchev–Trinajstić information content (AvgIpc) is 2.75. The van der Waals surface area contributed by atoms with Crippen molar-refractivity contribution < 1.29 is 19.1 Å². The van der Waals surface area contributed by atoms with Gasteiger partial charge in [-0.05, 0) is 0 Å². The zero-order valence-electron chi connectivity index (χ0n) is 10.3. The Morgan fingerprint density at radius 1 is 1.35 bits per heavy atom. The smallest absolute Gasteiger partial charge is 0.328 e. The van der Waals surface area contributed by atoms with Crippen LogP contribution in [-0.4, -0.2) is 75.5 Å². The maximum atomic E-state index is 12.0. The third kappa shape index (κ3) is 3.86. The summed E-state index contributed by atoms with van der Waals surface area (Å²) in [6.45, 7) is 2.68. The van der Waals surface area contributed by atoms with E-state index < -0.39 is 0 Å². The van der Waals surface area contributed by atoms with Crippen LogP contribution >= 0.6 is 0 Å². The quantitative estimate of drug-likeness (QED) is 0.699. The highest BCUT2D eigenvalue weighted by Crippen LogP contribution is 2.03. The van der Waals surface area contributed by atoms with E-state index in [0.29, 0.717) is 39.4 Å². The molecule has 1 fully saturated rings. The van der Waals surface area contributed by atoms with Crippen LogP contribution < -0.4 is 5.32 Å². The Balaban J connectivity index is 2.54. The van der Waals surface area contributed by atoms with Gasteiger partial charge in [0.1, 0.15) is 0 Å². The normalized spacial score (nSPS) is 14.9. The molecular weight excluding hydrogens is 226 g/mol. The number of nitrogens with one attached hydrogen (secondary N) is 1. The molecule has 0 aliphatic carbocycles. The molecule has 1 heterocycles. The van der Waals surface area contributed by atoms with E-state index in [1.165, 1.54) is 4.90 Å². The number of methoxy groups -OCH3 is 2. The number of hydrogen-bond donors (Lipinski definition) is 1. The molecule has 0 unspecified atom stereocenters. The molecule has 98 valence electrons. The Labute approximate surface area is 101 Å². The standard InChI is InChI=1S/C10H19N3O4/c1-16-7-5-12(6-8-17-2)10(15)13-4-3-11-9(13)14/h3-8H2,1-2H3,(H,11,14). The molecule has 0 spiro atoms. The van der Waals surface area contributed by atoms with Gasteiger partial charge in [0.15, 0.2) is 0 Å². The summed E-state index contributed by atoms with van der Waals surface area (Å²) < 4.78 is 9.88. The highest BCUT2D eigenvalue weighted by Gasteiger charge is 2.29. The lowest BCUT2D eigenvalue weighted by Crippen LogP contribution is -2.47. The molecule has 0 radical (unpaired) electrons. The zero-order valence-corrected chi connectivity index (χ0v) is 10.3. The van der Waals surface area contributed by atoms with Crippen molar-refractivity contribution in [3.63, 3.8) is 0 Å². The van der Waals surface area contributed by atoms with Crippen molar-refractivity contribution in [3.8, 4) is 0 Å². The lowest BCUT2D eigenvalue weighted by molar-refractivity contribution is 0.110. The second-order valence-electron chi connectivity index (χ2n) is 3.64. The summed E-state index contributed by atoms with van der Waals surface area (Å²) in [5.41, 5.74) is 0. The number of urea groups is 2. The average molecular weight is 245 g/mol. The summed E-state index contributed by atoms with van der Waals surface area (Å²) in [7, 11) is 3.14. The third-order valence-corrected chi connectivity index (χ3v) is 2.49. The number of ether oxygens (including phenoxy) is 2. The molecule has 1 N–H and O–H groups in total. The van der Waals surface area contributed by atoms with Crippen molar-refractivity contribution in [2.75, 3.05) is 53.6 Å². The van der Waals surface area contributed by atoms with Gasteiger partial charge in [-0.2, -0.15) is 0 Å². The van der Waals surface area contributed by atoms with E-state index >= 15 is 0 Å². The molecule has 0 aromatic rings. The van der Waals surface area contributed by atoms with Crippen molar-refractivity contribution in [2.45, 2.75) is 0 Å². The molecule has 1 aliphatic rings. The number of amides is 4. The molecule has 0 saturated carbocycles. The van der Waals surface area contributed by atoms with Gasteiger partial charge in [0, 0.05) is 40.4 Å². The van der Waals surface area contributed by atoms with Crippen molar-refractivity contribution in [2.24, 2.45) is 0 Å². The second kappa shape index (κ2) is 7.08. The molecule has 1 rings (SSSR count). The second-order valence-corrected chi connectivity index (χ2v) is 3.64. The van der Waals surface area contributed by atoms with Crippen LogP contribution in [0.15, 0.2) is 0 Å². The maximum Gasteiger partial charge on any atom is 0.328 e. The van der Waals surface area contributed by atoms with Gasteiger partial charge in [-0.1, -0.05) is 0 Å². The van der Waals surface area contributed by atoms with Crippen LogP contribution in [0.2, 0.25) is 0 Å². The summed E-state index contributed by atoms with van der Waals surface area (Å²) in [6.07, 6.45) is 0. The van der Waals surface area contributed by atoms with Crippen LogP contribution in [0.3, 0.4) is 0 Å². The molecule has 4 amide bonds. The highest BCUT2D eigenvalue weighted by molar-refractivity contribution is 5.94. The SMILES string of the molecule is COCCN(CCOC)C(=O)N1CCNC1=O. The van der Waals surface area contributed by atoms with Crippen LogP contribution in [-0.2, 0) is 9.47 Å². The van der Waals surface area contributed by atoms with Crippen LogP contribution in [0.4, 0.5) is 9.59 Å².